The lowest BCUT2D eigenvalue weighted by Gasteiger charge is -2.49. The van der Waals surface area contributed by atoms with E-state index < -0.39 is 0 Å². The van der Waals surface area contributed by atoms with Gasteiger partial charge in [0.25, 0.3) is 0 Å². The molecule has 1 heterocycles. The van der Waals surface area contributed by atoms with E-state index in [0.29, 0.717) is 0 Å². The van der Waals surface area contributed by atoms with E-state index in [4.69, 9.17) is 0 Å². The van der Waals surface area contributed by atoms with Crippen LogP contribution in [0, 0.1) is 12.7 Å². The van der Waals surface area contributed by atoms with Crippen LogP contribution >= 0.6 is 0 Å². The van der Waals surface area contributed by atoms with E-state index in [1.807, 2.05) is 31.2 Å². The van der Waals surface area contributed by atoms with Gasteiger partial charge in [0.15, 0.2) is 0 Å². The zero-order valence-corrected chi connectivity index (χ0v) is 23.1. The van der Waals surface area contributed by atoms with Crippen LogP contribution in [0.2, 0.25) is 0 Å². The summed E-state index contributed by atoms with van der Waals surface area (Å²) in [4.78, 5) is 17.2. The Balaban J connectivity index is 1.30. The largest absolute Gasteiger partial charge is 0.358 e. The van der Waals surface area contributed by atoms with Crippen LogP contribution in [0.15, 0.2) is 78.4 Å². The second kappa shape index (κ2) is 9.82. The highest BCUT2D eigenvalue weighted by Gasteiger charge is 2.48. The van der Waals surface area contributed by atoms with Crippen molar-refractivity contribution in [3.8, 4) is 0 Å². The van der Waals surface area contributed by atoms with Crippen LogP contribution in [0.4, 0.5) is 4.39 Å². The van der Waals surface area contributed by atoms with Crippen molar-refractivity contribution in [2.24, 2.45) is 0 Å². The van der Waals surface area contributed by atoms with Gasteiger partial charge in [0.1, 0.15) is 5.82 Å². The van der Waals surface area contributed by atoms with Gasteiger partial charge < -0.3 is 10.3 Å². The van der Waals surface area contributed by atoms with Crippen LogP contribution in [0.3, 0.4) is 0 Å². The molecule has 1 atom stereocenters. The summed E-state index contributed by atoms with van der Waals surface area (Å²) in [5, 5.41) is 4.68. The van der Waals surface area contributed by atoms with Crippen LogP contribution in [0.25, 0.3) is 17.0 Å². The minimum atomic E-state index is -0.165. The second-order valence-electron chi connectivity index (χ2n) is 12.1. The van der Waals surface area contributed by atoms with Gasteiger partial charge in [-0.05, 0) is 104 Å². The van der Waals surface area contributed by atoms with Crippen LogP contribution in [0.1, 0.15) is 73.9 Å². The third-order valence-electron chi connectivity index (χ3n) is 9.52. The standard InChI is InChI=1S/C35H37FN2O/c1-23-9-4-5-10-25(23)19-24(2)33(39)37-28-21-30-29-13-6-7-14-31(29)38-32(30)35(22-28)17-15-34(3,16-18-35)26-11-8-12-27(36)20-26/h4-14,19-20,28,38H,15-18,21-22H2,1-3H3,(H,37,39)/b24-19+. The average Bonchev–Trinajstić information content (AvgIpc) is 3.31. The van der Waals surface area contributed by atoms with Gasteiger partial charge in [-0.1, -0.05) is 61.5 Å². The van der Waals surface area contributed by atoms with Gasteiger partial charge >= 0.3 is 0 Å². The van der Waals surface area contributed by atoms with Gasteiger partial charge in [-0.15, -0.1) is 0 Å². The molecule has 3 nitrogen and oxygen atoms in total. The van der Waals surface area contributed by atoms with Gasteiger partial charge in [-0.3, -0.25) is 4.79 Å². The van der Waals surface area contributed by atoms with Crippen LogP contribution in [-0.4, -0.2) is 16.9 Å². The number of carbonyl (C=O) groups excluding carboxylic acids is 1. The molecule has 0 saturated heterocycles. The number of aromatic amines is 1. The number of aromatic nitrogens is 1. The predicted octanol–water partition coefficient (Wildman–Crippen LogP) is 7.92. The molecule has 6 rings (SSSR count). The van der Waals surface area contributed by atoms with Gasteiger partial charge in [0.05, 0.1) is 0 Å². The molecular formula is C35H37FN2O. The van der Waals surface area contributed by atoms with Crippen molar-refractivity contribution >= 4 is 22.9 Å². The number of hydrogen-bond donors (Lipinski definition) is 2. The van der Waals surface area contributed by atoms with Crippen LogP contribution in [-0.2, 0) is 22.0 Å². The molecule has 0 bridgehead atoms. The lowest BCUT2D eigenvalue weighted by molar-refractivity contribution is -0.118. The minimum absolute atomic E-state index is 0.00195. The van der Waals surface area contributed by atoms with Crippen molar-refractivity contribution < 1.29 is 9.18 Å². The molecule has 4 heteroatoms. The predicted molar refractivity (Wildman–Crippen MR) is 157 cm³/mol. The molecule has 2 aliphatic carbocycles. The first kappa shape index (κ1) is 25.6. The summed E-state index contributed by atoms with van der Waals surface area (Å²) in [5.41, 5.74) is 7.83. The first-order chi connectivity index (χ1) is 18.8. The highest BCUT2D eigenvalue weighted by atomic mass is 19.1. The van der Waals surface area contributed by atoms with Crippen molar-refractivity contribution in [1.29, 1.82) is 0 Å². The molecule has 1 spiro atoms. The smallest absolute Gasteiger partial charge is 0.247 e. The summed E-state index contributed by atoms with van der Waals surface area (Å²) in [6.45, 7) is 6.26. The highest BCUT2D eigenvalue weighted by molar-refractivity contribution is 5.97. The zero-order chi connectivity index (χ0) is 27.2. The molecule has 39 heavy (non-hydrogen) atoms. The molecule has 0 radical (unpaired) electrons. The Kier molecular flexibility index (Phi) is 6.45. The molecule has 200 valence electrons. The molecule has 2 aliphatic rings. The Morgan fingerprint density at radius 2 is 1.74 bits per heavy atom. The first-order valence-corrected chi connectivity index (χ1v) is 14.2. The number of nitrogens with one attached hydrogen (secondary N) is 2. The fourth-order valence-electron chi connectivity index (χ4n) is 7.09. The molecule has 2 N–H and O–H groups in total. The molecule has 1 unspecified atom stereocenters. The Labute approximate surface area is 230 Å². The summed E-state index contributed by atoms with van der Waals surface area (Å²) in [6.07, 6.45) is 7.71. The lowest BCUT2D eigenvalue weighted by Crippen LogP contribution is -2.49. The topological polar surface area (TPSA) is 44.9 Å². The quantitative estimate of drug-likeness (QED) is 0.264. The van der Waals surface area contributed by atoms with Crippen LogP contribution in [0.5, 0.6) is 0 Å². The number of halogens is 1. The van der Waals surface area contributed by atoms with Gasteiger partial charge in [-0.2, -0.15) is 0 Å². The Morgan fingerprint density at radius 3 is 2.51 bits per heavy atom. The molecular weight excluding hydrogens is 483 g/mol. The maximum Gasteiger partial charge on any atom is 0.247 e. The van der Waals surface area contributed by atoms with Crippen molar-refractivity contribution in [3.63, 3.8) is 0 Å². The number of para-hydroxylation sites is 1. The van der Waals surface area contributed by atoms with Gasteiger partial charge in [0.2, 0.25) is 5.91 Å². The van der Waals surface area contributed by atoms with E-state index in [9.17, 15) is 9.18 Å². The van der Waals surface area contributed by atoms with Gasteiger partial charge in [-0.25, -0.2) is 4.39 Å². The third-order valence-corrected chi connectivity index (χ3v) is 9.52. The number of rotatable bonds is 4. The third kappa shape index (κ3) is 4.71. The normalized spacial score (nSPS) is 25.0. The first-order valence-electron chi connectivity index (χ1n) is 14.2. The van der Waals surface area contributed by atoms with Crippen molar-refractivity contribution in [2.45, 2.75) is 76.2 Å². The maximum atomic E-state index is 14.1. The monoisotopic (exact) mass is 520 g/mol. The van der Waals surface area contributed by atoms with E-state index in [1.54, 1.807) is 6.07 Å². The fourth-order valence-corrected chi connectivity index (χ4v) is 7.09. The Hall–Kier alpha value is -3.66. The van der Waals surface area contributed by atoms with Crippen molar-refractivity contribution in [1.82, 2.24) is 10.3 Å². The number of aryl methyl sites for hydroxylation is 1. The molecule has 1 saturated carbocycles. The summed E-state index contributed by atoms with van der Waals surface area (Å²) in [5.74, 6) is -0.163. The highest BCUT2D eigenvalue weighted by Crippen LogP contribution is 2.53. The Bertz CT molecular complexity index is 1570. The number of hydrogen-bond acceptors (Lipinski definition) is 1. The molecule has 4 aromatic rings. The summed E-state index contributed by atoms with van der Waals surface area (Å²) in [7, 11) is 0. The van der Waals surface area contributed by atoms with E-state index in [1.165, 1.54) is 28.2 Å². The SMILES string of the molecule is C/C(=C\c1ccccc1C)C(=O)NC1Cc2c([nH]c3ccccc23)C2(CCC(C)(c3cccc(F)c3)CC2)C1. The average molecular weight is 521 g/mol. The Morgan fingerprint density at radius 1 is 1.00 bits per heavy atom. The second-order valence-corrected chi connectivity index (χ2v) is 12.1. The van der Waals surface area contributed by atoms with Crippen molar-refractivity contribution in [2.75, 3.05) is 0 Å². The number of carbonyl (C=O) groups is 1. The molecule has 3 aromatic carbocycles. The van der Waals surface area contributed by atoms with Crippen LogP contribution < -0.4 is 5.32 Å². The molecule has 0 aliphatic heterocycles. The summed E-state index contributed by atoms with van der Waals surface area (Å²) in [6, 6.07) is 23.9. The molecule has 1 aromatic heterocycles. The minimum Gasteiger partial charge on any atom is -0.358 e. The van der Waals surface area contributed by atoms with Gasteiger partial charge in [0, 0.05) is 33.6 Å². The number of fused-ring (bicyclic) bond motifs is 4. The van der Waals surface area contributed by atoms with E-state index in [0.717, 1.165) is 60.8 Å². The van der Waals surface area contributed by atoms with E-state index in [2.05, 4.69) is 66.6 Å². The maximum absolute atomic E-state index is 14.1. The van der Waals surface area contributed by atoms with E-state index in [-0.39, 0.29) is 28.6 Å². The summed E-state index contributed by atoms with van der Waals surface area (Å²) >= 11 is 0. The number of amides is 1. The molecule has 1 amide bonds. The number of H-pyrrole nitrogens is 1. The van der Waals surface area contributed by atoms with Crippen molar-refractivity contribution in [3.05, 3.63) is 112 Å². The fraction of sp³-hybridized carbons (Fsp3) is 0.343. The van der Waals surface area contributed by atoms with E-state index >= 15 is 0 Å². The molecule has 1 fully saturated rings. The lowest BCUT2D eigenvalue weighted by atomic mass is 9.57. The number of benzene rings is 3. The summed E-state index contributed by atoms with van der Waals surface area (Å²) < 4.78 is 14.1. The zero-order valence-electron chi connectivity index (χ0n) is 23.1.